The summed E-state index contributed by atoms with van der Waals surface area (Å²) in [5.41, 5.74) is 0.271. The fourth-order valence-corrected chi connectivity index (χ4v) is 1.65. The molecule has 2 aromatic rings. The molecule has 0 aliphatic carbocycles. The SMILES string of the molecule is O=C(Nc1ccccc1OCC(F)(F)F)c1ccc(F)cc1. The van der Waals surface area contributed by atoms with Gasteiger partial charge in [0, 0.05) is 5.56 Å². The largest absolute Gasteiger partial charge is 0.482 e. The van der Waals surface area contributed by atoms with E-state index in [4.69, 9.17) is 0 Å². The van der Waals surface area contributed by atoms with Gasteiger partial charge in [0.25, 0.3) is 5.91 Å². The molecule has 0 unspecified atom stereocenters. The summed E-state index contributed by atoms with van der Waals surface area (Å²) in [5, 5.41) is 2.43. The topological polar surface area (TPSA) is 38.3 Å². The molecule has 22 heavy (non-hydrogen) atoms. The highest BCUT2D eigenvalue weighted by atomic mass is 19.4. The van der Waals surface area contributed by atoms with E-state index in [9.17, 15) is 22.4 Å². The molecule has 0 radical (unpaired) electrons. The van der Waals surface area contributed by atoms with Gasteiger partial charge in [-0.2, -0.15) is 13.2 Å². The van der Waals surface area contributed by atoms with Crippen LogP contribution < -0.4 is 10.1 Å². The summed E-state index contributed by atoms with van der Waals surface area (Å²) >= 11 is 0. The lowest BCUT2D eigenvalue weighted by molar-refractivity contribution is -0.153. The molecular weight excluding hydrogens is 302 g/mol. The number of halogens is 4. The van der Waals surface area contributed by atoms with Crippen molar-refractivity contribution in [2.75, 3.05) is 11.9 Å². The van der Waals surface area contributed by atoms with E-state index in [-0.39, 0.29) is 17.0 Å². The lowest BCUT2D eigenvalue weighted by atomic mass is 10.2. The lowest BCUT2D eigenvalue weighted by Gasteiger charge is -2.13. The minimum atomic E-state index is -4.48. The third kappa shape index (κ3) is 4.47. The number of carbonyl (C=O) groups excluding carboxylic acids is 1. The number of hydrogen-bond donors (Lipinski definition) is 1. The van der Waals surface area contributed by atoms with Crippen LogP contribution in [0.5, 0.6) is 5.75 Å². The van der Waals surface area contributed by atoms with Crippen molar-refractivity contribution in [1.82, 2.24) is 0 Å². The summed E-state index contributed by atoms with van der Waals surface area (Å²) in [6.45, 7) is -1.46. The minimum Gasteiger partial charge on any atom is -0.482 e. The normalized spacial score (nSPS) is 11.1. The quantitative estimate of drug-likeness (QED) is 0.866. The summed E-state index contributed by atoms with van der Waals surface area (Å²) in [6.07, 6.45) is -4.48. The molecule has 1 N–H and O–H groups in total. The van der Waals surface area contributed by atoms with Gasteiger partial charge in [-0.25, -0.2) is 4.39 Å². The second kappa shape index (κ2) is 6.46. The Labute approximate surface area is 123 Å². The van der Waals surface area contributed by atoms with Gasteiger partial charge in [0.05, 0.1) is 5.69 Å². The summed E-state index contributed by atoms with van der Waals surface area (Å²) < 4.78 is 54.0. The van der Waals surface area contributed by atoms with Crippen LogP contribution in [0, 0.1) is 5.82 Å². The highest BCUT2D eigenvalue weighted by molar-refractivity contribution is 6.04. The van der Waals surface area contributed by atoms with Crippen molar-refractivity contribution in [3.05, 3.63) is 59.9 Å². The molecule has 0 spiro atoms. The number of anilines is 1. The molecule has 2 rings (SSSR count). The van der Waals surface area contributed by atoms with Gasteiger partial charge < -0.3 is 10.1 Å². The number of nitrogens with one attached hydrogen (secondary N) is 1. The Morgan fingerprint density at radius 1 is 1.05 bits per heavy atom. The Bertz CT molecular complexity index is 653. The smallest absolute Gasteiger partial charge is 0.422 e. The molecule has 0 saturated carbocycles. The molecule has 0 saturated heterocycles. The van der Waals surface area contributed by atoms with Gasteiger partial charge in [-0.15, -0.1) is 0 Å². The van der Waals surface area contributed by atoms with Crippen LogP contribution in [0.4, 0.5) is 23.2 Å². The van der Waals surface area contributed by atoms with E-state index in [2.05, 4.69) is 10.1 Å². The number of amides is 1. The van der Waals surface area contributed by atoms with Gasteiger partial charge >= 0.3 is 6.18 Å². The minimum absolute atomic E-state index is 0.0982. The molecule has 0 fully saturated rings. The average molecular weight is 313 g/mol. The molecule has 0 heterocycles. The highest BCUT2D eigenvalue weighted by Gasteiger charge is 2.28. The molecule has 0 bridgehead atoms. The van der Waals surface area contributed by atoms with Crippen molar-refractivity contribution in [2.24, 2.45) is 0 Å². The summed E-state index contributed by atoms with van der Waals surface area (Å²) in [4.78, 5) is 12.0. The van der Waals surface area contributed by atoms with E-state index in [1.807, 2.05) is 0 Å². The van der Waals surface area contributed by atoms with E-state index in [0.717, 1.165) is 12.1 Å². The predicted molar refractivity (Wildman–Crippen MR) is 72.3 cm³/mol. The maximum Gasteiger partial charge on any atom is 0.422 e. The van der Waals surface area contributed by atoms with Gasteiger partial charge in [-0.1, -0.05) is 12.1 Å². The van der Waals surface area contributed by atoms with E-state index < -0.39 is 24.5 Å². The maximum atomic E-state index is 12.8. The van der Waals surface area contributed by atoms with Crippen LogP contribution in [0.15, 0.2) is 48.5 Å². The first-order valence-electron chi connectivity index (χ1n) is 6.21. The zero-order chi connectivity index (χ0) is 16.2. The number of ether oxygens (including phenoxy) is 1. The molecule has 0 aliphatic heterocycles. The standard InChI is InChI=1S/C15H11F4NO2/c16-11-7-5-10(6-8-11)14(21)20-12-3-1-2-4-13(12)22-9-15(17,18)19/h1-8H,9H2,(H,20,21). The average Bonchev–Trinajstić information content (AvgIpc) is 2.46. The molecule has 2 aromatic carbocycles. The zero-order valence-corrected chi connectivity index (χ0v) is 11.2. The van der Waals surface area contributed by atoms with Crippen LogP contribution >= 0.6 is 0 Å². The first-order valence-corrected chi connectivity index (χ1v) is 6.21. The predicted octanol–water partition coefficient (Wildman–Crippen LogP) is 4.02. The maximum absolute atomic E-state index is 12.8. The third-order valence-corrected chi connectivity index (χ3v) is 2.63. The monoisotopic (exact) mass is 313 g/mol. The first-order chi connectivity index (χ1) is 10.3. The second-order valence-electron chi connectivity index (χ2n) is 4.36. The van der Waals surface area contributed by atoms with Gasteiger partial charge in [0.2, 0.25) is 0 Å². The highest BCUT2D eigenvalue weighted by Crippen LogP contribution is 2.26. The number of rotatable bonds is 4. The van der Waals surface area contributed by atoms with Crippen molar-refractivity contribution >= 4 is 11.6 Å². The molecular formula is C15H11F4NO2. The fraction of sp³-hybridized carbons (Fsp3) is 0.133. The Balaban J connectivity index is 2.12. The Kier molecular flexibility index (Phi) is 4.65. The number of alkyl halides is 3. The molecule has 3 nitrogen and oxygen atoms in total. The number of carbonyl (C=O) groups is 1. The molecule has 7 heteroatoms. The van der Waals surface area contributed by atoms with Crippen molar-refractivity contribution in [3.8, 4) is 5.75 Å². The van der Waals surface area contributed by atoms with E-state index >= 15 is 0 Å². The van der Waals surface area contributed by atoms with Crippen LogP contribution in [0.3, 0.4) is 0 Å². The second-order valence-corrected chi connectivity index (χ2v) is 4.36. The van der Waals surface area contributed by atoms with Gasteiger partial charge in [-0.3, -0.25) is 4.79 Å². The van der Waals surface area contributed by atoms with Crippen LogP contribution in [0.1, 0.15) is 10.4 Å². The molecule has 0 atom stereocenters. The van der Waals surface area contributed by atoms with Crippen molar-refractivity contribution < 1.29 is 27.1 Å². The van der Waals surface area contributed by atoms with Crippen LogP contribution in [-0.2, 0) is 0 Å². The van der Waals surface area contributed by atoms with Gasteiger partial charge in [0.15, 0.2) is 6.61 Å². The van der Waals surface area contributed by atoms with Crippen LogP contribution in [0.25, 0.3) is 0 Å². The Morgan fingerprint density at radius 3 is 2.32 bits per heavy atom. The van der Waals surface area contributed by atoms with Crippen LogP contribution in [0.2, 0.25) is 0 Å². The lowest BCUT2D eigenvalue weighted by Crippen LogP contribution is -2.20. The molecule has 0 aromatic heterocycles. The Morgan fingerprint density at radius 2 is 1.68 bits per heavy atom. The summed E-state index contributed by atoms with van der Waals surface area (Å²) in [6, 6.07) is 10.5. The van der Waals surface area contributed by atoms with Gasteiger partial charge in [-0.05, 0) is 36.4 Å². The van der Waals surface area contributed by atoms with Crippen molar-refractivity contribution in [3.63, 3.8) is 0 Å². The first kappa shape index (κ1) is 15.8. The van der Waals surface area contributed by atoms with E-state index in [0.29, 0.717) is 0 Å². The zero-order valence-electron chi connectivity index (χ0n) is 11.2. The van der Waals surface area contributed by atoms with Gasteiger partial charge in [0.1, 0.15) is 11.6 Å². The summed E-state index contributed by atoms with van der Waals surface area (Å²) in [5.74, 6) is -1.18. The summed E-state index contributed by atoms with van der Waals surface area (Å²) in [7, 11) is 0. The fourth-order valence-electron chi connectivity index (χ4n) is 1.65. The van der Waals surface area contributed by atoms with E-state index in [1.54, 1.807) is 6.07 Å². The molecule has 0 aliphatic rings. The van der Waals surface area contributed by atoms with E-state index in [1.165, 1.54) is 30.3 Å². The number of benzene rings is 2. The number of para-hydroxylation sites is 2. The van der Waals surface area contributed by atoms with Crippen molar-refractivity contribution in [2.45, 2.75) is 6.18 Å². The third-order valence-electron chi connectivity index (χ3n) is 2.63. The molecule has 1 amide bonds. The van der Waals surface area contributed by atoms with Crippen LogP contribution in [-0.4, -0.2) is 18.7 Å². The van der Waals surface area contributed by atoms with Crippen molar-refractivity contribution in [1.29, 1.82) is 0 Å². The number of hydrogen-bond acceptors (Lipinski definition) is 2. The Hall–Kier alpha value is -2.57. The molecule has 116 valence electrons.